The molecular formula is C18H27N3. The molecule has 2 aromatic rings. The van der Waals surface area contributed by atoms with Gasteiger partial charge in [-0.3, -0.25) is 4.68 Å². The lowest BCUT2D eigenvalue weighted by atomic mass is 10.0. The minimum absolute atomic E-state index is 0.549. The molecule has 0 fully saturated rings. The third-order valence-electron chi connectivity index (χ3n) is 3.85. The Morgan fingerprint density at radius 3 is 2.62 bits per heavy atom. The number of likely N-dealkylation sites (N-methyl/N-ethyl adjacent to an activating group) is 1. The lowest BCUT2D eigenvalue weighted by molar-refractivity contribution is 0.476. The largest absolute Gasteiger partial charge is 0.314 e. The zero-order valence-electron chi connectivity index (χ0n) is 13.3. The van der Waals surface area contributed by atoms with E-state index in [1.807, 2.05) is 10.9 Å². The van der Waals surface area contributed by atoms with Crippen molar-refractivity contribution in [2.45, 2.75) is 52.1 Å². The summed E-state index contributed by atoms with van der Waals surface area (Å²) in [6, 6.07) is 11.3. The van der Waals surface area contributed by atoms with Gasteiger partial charge in [-0.2, -0.15) is 5.10 Å². The fourth-order valence-corrected chi connectivity index (χ4v) is 2.73. The van der Waals surface area contributed by atoms with Crippen LogP contribution in [-0.2, 0) is 19.4 Å². The Kier molecular flexibility index (Phi) is 6.48. The Bertz CT molecular complexity index is 504. The molecule has 0 aliphatic rings. The van der Waals surface area contributed by atoms with Crippen molar-refractivity contribution >= 4 is 0 Å². The standard InChI is InChI=1S/C18H27N3/c1-3-19-18(13-17-14-20-21(4-2)15-17)12-8-11-16-9-6-5-7-10-16/h5-7,9-10,14-15,18-19H,3-4,8,11-13H2,1-2H3. The summed E-state index contributed by atoms with van der Waals surface area (Å²) >= 11 is 0. The minimum atomic E-state index is 0.549. The van der Waals surface area contributed by atoms with Gasteiger partial charge in [-0.1, -0.05) is 37.3 Å². The maximum atomic E-state index is 4.36. The van der Waals surface area contributed by atoms with Crippen molar-refractivity contribution < 1.29 is 0 Å². The van der Waals surface area contributed by atoms with Gasteiger partial charge >= 0.3 is 0 Å². The monoisotopic (exact) mass is 285 g/mol. The molecule has 1 unspecified atom stereocenters. The smallest absolute Gasteiger partial charge is 0.0522 e. The highest BCUT2D eigenvalue weighted by atomic mass is 15.3. The number of nitrogens with one attached hydrogen (secondary N) is 1. The Balaban J connectivity index is 1.81. The highest BCUT2D eigenvalue weighted by Crippen LogP contribution is 2.11. The zero-order chi connectivity index (χ0) is 14.9. The molecular weight excluding hydrogens is 258 g/mol. The molecule has 114 valence electrons. The molecule has 0 spiro atoms. The summed E-state index contributed by atoms with van der Waals surface area (Å²) in [5.74, 6) is 0. The molecule has 21 heavy (non-hydrogen) atoms. The molecule has 0 aliphatic carbocycles. The fourth-order valence-electron chi connectivity index (χ4n) is 2.73. The van der Waals surface area contributed by atoms with Crippen LogP contribution in [0.15, 0.2) is 42.7 Å². The van der Waals surface area contributed by atoms with Crippen LogP contribution < -0.4 is 5.32 Å². The van der Waals surface area contributed by atoms with E-state index in [1.165, 1.54) is 24.0 Å². The fraction of sp³-hybridized carbons (Fsp3) is 0.500. The number of aryl methyl sites for hydroxylation is 2. The summed E-state index contributed by atoms with van der Waals surface area (Å²) in [6.07, 6.45) is 8.84. The predicted molar refractivity (Wildman–Crippen MR) is 88.4 cm³/mol. The van der Waals surface area contributed by atoms with E-state index >= 15 is 0 Å². The molecule has 1 atom stereocenters. The third kappa shape index (κ3) is 5.35. The first-order chi connectivity index (χ1) is 10.3. The highest BCUT2D eigenvalue weighted by Gasteiger charge is 2.09. The molecule has 3 heteroatoms. The number of nitrogens with zero attached hydrogens (tertiary/aromatic N) is 2. The summed E-state index contributed by atoms with van der Waals surface area (Å²) in [4.78, 5) is 0. The number of rotatable bonds is 9. The Hall–Kier alpha value is -1.61. The summed E-state index contributed by atoms with van der Waals surface area (Å²) in [5.41, 5.74) is 2.77. The van der Waals surface area contributed by atoms with Crippen molar-refractivity contribution in [1.29, 1.82) is 0 Å². The molecule has 0 saturated heterocycles. The van der Waals surface area contributed by atoms with Crippen LogP contribution in [0.4, 0.5) is 0 Å². The number of hydrogen-bond donors (Lipinski definition) is 1. The second kappa shape index (κ2) is 8.63. The first kappa shape index (κ1) is 15.8. The van der Waals surface area contributed by atoms with E-state index in [4.69, 9.17) is 0 Å². The van der Waals surface area contributed by atoms with E-state index in [2.05, 4.69) is 60.8 Å². The van der Waals surface area contributed by atoms with Crippen LogP contribution in [0, 0.1) is 0 Å². The molecule has 2 rings (SSSR count). The topological polar surface area (TPSA) is 29.9 Å². The molecule has 1 aromatic heterocycles. The van der Waals surface area contributed by atoms with Crippen LogP contribution in [0.3, 0.4) is 0 Å². The van der Waals surface area contributed by atoms with Crippen LogP contribution in [0.25, 0.3) is 0 Å². The molecule has 1 heterocycles. The van der Waals surface area contributed by atoms with Crippen LogP contribution in [0.5, 0.6) is 0 Å². The van der Waals surface area contributed by atoms with E-state index < -0.39 is 0 Å². The summed E-state index contributed by atoms with van der Waals surface area (Å²) in [7, 11) is 0. The van der Waals surface area contributed by atoms with Crippen molar-refractivity contribution in [3.63, 3.8) is 0 Å². The van der Waals surface area contributed by atoms with Crippen molar-refractivity contribution in [2.24, 2.45) is 0 Å². The van der Waals surface area contributed by atoms with Gasteiger partial charge in [0, 0.05) is 18.8 Å². The molecule has 0 bridgehead atoms. The van der Waals surface area contributed by atoms with Gasteiger partial charge in [0.05, 0.1) is 6.20 Å². The average molecular weight is 285 g/mol. The van der Waals surface area contributed by atoms with Crippen LogP contribution in [0.1, 0.15) is 37.8 Å². The minimum Gasteiger partial charge on any atom is -0.314 e. The second-order valence-electron chi connectivity index (χ2n) is 5.54. The van der Waals surface area contributed by atoms with Gasteiger partial charge in [-0.25, -0.2) is 0 Å². The quantitative estimate of drug-likeness (QED) is 0.765. The molecule has 1 aromatic carbocycles. The van der Waals surface area contributed by atoms with E-state index in [1.54, 1.807) is 0 Å². The van der Waals surface area contributed by atoms with Gasteiger partial charge in [0.1, 0.15) is 0 Å². The molecule has 0 amide bonds. The molecule has 3 nitrogen and oxygen atoms in total. The highest BCUT2D eigenvalue weighted by molar-refractivity contribution is 5.14. The zero-order valence-corrected chi connectivity index (χ0v) is 13.3. The Morgan fingerprint density at radius 1 is 1.14 bits per heavy atom. The van der Waals surface area contributed by atoms with E-state index in [0.29, 0.717) is 6.04 Å². The lowest BCUT2D eigenvalue weighted by Gasteiger charge is -2.17. The maximum Gasteiger partial charge on any atom is 0.0522 e. The van der Waals surface area contributed by atoms with Crippen molar-refractivity contribution in [2.75, 3.05) is 6.54 Å². The van der Waals surface area contributed by atoms with Crippen LogP contribution in [-0.4, -0.2) is 22.4 Å². The first-order valence-corrected chi connectivity index (χ1v) is 8.10. The van der Waals surface area contributed by atoms with Gasteiger partial charge in [-0.05, 0) is 50.3 Å². The predicted octanol–water partition coefficient (Wildman–Crippen LogP) is 3.45. The molecule has 1 N–H and O–H groups in total. The van der Waals surface area contributed by atoms with Crippen LogP contribution >= 0.6 is 0 Å². The average Bonchev–Trinajstić information content (AvgIpc) is 2.96. The van der Waals surface area contributed by atoms with Gasteiger partial charge in [0.15, 0.2) is 0 Å². The van der Waals surface area contributed by atoms with Crippen molar-refractivity contribution in [1.82, 2.24) is 15.1 Å². The van der Waals surface area contributed by atoms with Gasteiger partial charge in [-0.15, -0.1) is 0 Å². The van der Waals surface area contributed by atoms with Gasteiger partial charge < -0.3 is 5.32 Å². The summed E-state index contributed by atoms with van der Waals surface area (Å²) < 4.78 is 2.00. The first-order valence-electron chi connectivity index (χ1n) is 8.10. The Morgan fingerprint density at radius 2 is 1.95 bits per heavy atom. The lowest BCUT2D eigenvalue weighted by Crippen LogP contribution is -2.31. The number of aromatic nitrogens is 2. The summed E-state index contributed by atoms with van der Waals surface area (Å²) in [6.45, 7) is 6.27. The van der Waals surface area contributed by atoms with E-state index in [9.17, 15) is 0 Å². The molecule has 0 aliphatic heterocycles. The second-order valence-corrected chi connectivity index (χ2v) is 5.54. The van der Waals surface area contributed by atoms with E-state index in [0.717, 1.165) is 25.9 Å². The normalized spacial score (nSPS) is 12.5. The van der Waals surface area contributed by atoms with E-state index in [-0.39, 0.29) is 0 Å². The van der Waals surface area contributed by atoms with Gasteiger partial charge in [0.2, 0.25) is 0 Å². The number of hydrogen-bond acceptors (Lipinski definition) is 2. The van der Waals surface area contributed by atoms with Crippen molar-refractivity contribution in [3.8, 4) is 0 Å². The number of benzene rings is 1. The summed E-state index contributed by atoms with van der Waals surface area (Å²) in [5, 5.41) is 7.97. The molecule has 0 radical (unpaired) electrons. The maximum absolute atomic E-state index is 4.36. The van der Waals surface area contributed by atoms with Gasteiger partial charge in [0.25, 0.3) is 0 Å². The Labute approximate surface area is 128 Å². The van der Waals surface area contributed by atoms with Crippen molar-refractivity contribution in [3.05, 3.63) is 53.9 Å². The molecule has 0 saturated carbocycles. The SMILES string of the molecule is CCNC(CCCc1ccccc1)Cc1cnn(CC)c1. The van der Waals surface area contributed by atoms with Crippen LogP contribution in [0.2, 0.25) is 0 Å². The third-order valence-corrected chi connectivity index (χ3v) is 3.85.